The van der Waals surface area contributed by atoms with Gasteiger partial charge >= 0.3 is 5.97 Å². The van der Waals surface area contributed by atoms with Crippen molar-refractivity contribution in [3.63, 3.8) is 0 Å². The maximum atomic E-state index is 13.0. The number of carboxylic acids is 1. The molecule has 0 amide bonds. The van der Waals surface area contributed by atoms with E-state index in [2.05, 4.69) is 11.2 Å². The van der Waals surface area contributed by atoms with E-state index in [0.29, 0.717) is 0 Å². The predicted molar refractivity (Wildman–Crippen MR) is 58.6 cm³/mol. The molecule has 16 heavy (non-hydrogen) atoms. The summed E-state index contributed by atoms with van der Waals surface area (Å²) in [6.45, 7) is 0.0745. The van der Waals surface area contributed by atoms with Crippen LogP contribution in [0.2, 0.25) is 5.02 Å². The molecular weight excluding hydrogens is 233 g/mol. The number of nitrogens with one attached hydrogen (secondary N) is 1. The minimum absolute atomic E-state index is 0.0745. The molecule has 1 aromatic rings. The van der Waals surface area contributed by atoms with Gasteiger partial charge in [-0.2, -0.15) is 0 Å². The van der Waals surface area contributed by atoms with Crippen molar-refractivity contribution in [2.24, 2.45) is 0 Å². The van der Waals surface area contributed by atoms with Gasteiger partial charge in [-0.25, -0.2) is 4.39 Å². The third-order valence-corrected chi connectivity index (χ3v) is 2.09. The van der Waals surface area contributed by atoms with Crippen molar-refractivity contribution >= 4 is 17.6 Å². The second-order valence-electron chi connectivity index (χ2n) is 3.06. The first-order valence-electron chi connectivity index (χ1n) is 4.40. The van der Waals surface area contributed by atoms with Crippen molar-refractivity contribution in [2.75, 3.05) is 6.54 Å². The lowest BCUT2D eigenvalue weighted by atomic mass is 10.1. The monoisotopic (exact) mass is 241 g/mol. The molecule has 0 aliphatic carbocycles. The highest BCUT2D eigenvalue weighted by Gasteiger charge is 2.19. The topological polar surface area (TPSA) is 49.3 Å². The molecule has 84 valence electrons. The largest absolute Gasteiger partial charge is 0.480 e. The van der Waals surface area contributed by atoms with Crippen LogP contribution < -0.4 is 5.32 Å². The van der Waals surface area contributed by atoms with E-state index in [1.807, 2.05) is 0 Å². The van der Waals surface area contributed by atoms with Crippen LogP contribution in [0.4, 0.5) is 4.39 Å². The zero-order valence-corrected chi connectivity index (χ0v) is 8.96. The highest BCUT2D eigenvalue weighted by molar-refractivity contribution is 6.30. The molecule has 5 heteroatoms. The summed E-state index contributed by atoms with van der Waals surface area (Å²) >= 11 is 5.63. The van der Waals surface area contributed by atoms with Crippen LogP contribution in [0, 0.1) is 18.2 Å². The molecule has 0 fully saturated rings. The molecule has 0 aliphatic rings. The summed E-state index contributed by atoms with van der Waals surface area (Å²) in [5.74, 6) is 0.522. The Morgan fingerprint density at radius 3 is 2.81 bits per heavy atom. The van der Waals surface area contributed by atoms with Crippen LogP contribution >= 0.6 is 11.6 Å². The van der Waals surface area contributed by atoms with Crippen LogP contribution in [0.3, 0.4) is 0 Å². The van der Waals surface area contributed by atoms with E-state index in [1.165, 1.54) is 6.07 Å². The van der Waals surface area contributed by atoms with Crippen LogP contribution in [0.1, 0.15) is 11.6 Å². The second-order valence-corrected chi connectivity index (χ2v) is 3.50. The quantitative estimate of drug-likeness (QED) is 0.791. The van der Waals surface area contributed by atoms with Crippen molar-refractivity contribution < 1.29 is 14.3 Å². The Labute approximate surface area is 97.2 Å². The molecule has 0 saturated carbocycles. The molecule has 0 aliphatic heterocycles. The molecule has 0 heterocycles. The second kappa shape index (κ2) is 5.50. The van der Waals surface area contributed by atoms with Gasteiger partial charge in [0.1, 0.15) is 11.9 Å². The molecular formula is C11H9ClFNO2. The van der Waals surface area contributed by atoms with Crippen LogP contribution in [0.25, 0.3) is 0 Å². The van der Waals surface area contributed by atoms with E-state index < -0.39 is 17.8 Å². The lowest BCUT2D eigenvalue weighted by Crippen LogP contribution is -2.28. The SMILES string of the molecule is C#CCNC(C(=O)O)c1cc(F)cc(Cl)c1. The Hall–Kier alpha value is -1.57. The van der Waals surface area contributed by atoms with Gasteiger partial charge < -0.3 is 5.11 Å². The minimum Gasteiger partial charge on any atom is -0.480 e. The molecule has 2 N–H and O–H groups in total. The fraction of sp³-hybridized carbons (Fsp3) is 0.182. The number of carboxylic acid groups (broad SMARTS) is 1. The van der Waals surface area contributed by atoms with Gasteiger partial charge in [-0.05, 0) is 23.8 Å². The summed E-state index contributed by atoms with van der Waals surface area (Å²) < 4.78 is 13.0. The zero-order valence-electron chi connectivity index (χ0n) is 8.21. The van der Waals surface area contributed by atoms with Crippen molar-refractivity contribution in [1.29, 1.82) is 0 Å². The third-order valence-electron chi connectivity index (χ3n) is 1.87. The number of hydrogen-bond acceptors (Lipinski definition) is 2. The Bertz CT molecular complexity index is 422. The van der Waals surface area contributed by atoms with E-state index in [4.69, 9.17) is 23.1 Å². The summed E-state index contributed by atoms with van der Waals surface area (Å²) in [5.41, 5.74) is 0.229. The summed E-state index contributed by atoms with van der Waals surface area (Å²) in [6.07, 6.45) is 5.01. The first-order valence-corrected chi connectivity index (χ1v) is 4.78. The molecule has 1 aromatic carbocycles. The molecule has 1 atom stereocenters. The summed E-state index contributed by atoms with van der Waals surface area (Å²) in [5, 5.41) is 11.7. The number of terminal acetylenes is 1. The number of carbonyl (C=O) groups is 1. The molecule has 1 unspecified atom stereocenters. The molecule has 0 spiro atoms. The van der Waals surface area contributed by atoms with E-state index >= 15 is 0 Å². The Morgan fingerprint density at radius 1 is 1.62 bits per heavy atom. The van der Waals surface area contributed by atoms with E-state index in [1.54, 1.807) is 0 Å². The van der Waals surface area contributed by atoms with Gasteiger partial charge in [0.25, 0.3) is 0 Å². The Balaban J connectivity index is 3.01. The smallest absolute Gasteiger partial charge is 0.325 e. The Kier molecular flexibility index (Phi) is 4.29. The maximum absolute atomic E-state index is 13.0. The summed E-state index contributed by atoms with van der Waals surface area (Å²) in [6, 6.07) is 2.52. The number of halogens is 2. The number of rotatable bonds is 4. The Morgan fingerprint density at radius 2 is 2.31 bits per heavy atom. The highest BCUT2D eigenvalue weighted by Crippen LogP contribution is 2.20. The van der Waals surface area contributed by atoms with Crippen molar-refractivity contribution in [3.8, 4) is 12.3 Å². The lowest BCUT2D eigenvalue weighted by Gasteiger charge is -2.13. The fourth-order valence-electron chi connectivity index (χ4n) is 1.25. The minimum atomic E-state index is -1.14. The van der Waals surface area contributed by atoms with Gasteiger partial charge in [0.15, 0.2) is 0 Å². The van der Waals surface area contributed by atoms with Gasteiger partial charge in [0, 0.05) is 5.02 Å². The van der Waals surface area contributed by atoms with Crippen LogP contribution in [0.15, 0.2) is 18.2 Å². The maximum Gasteiger partial charge on any atom is 0.325 e. The summed E-state index contributed by atoms with van der Waals surface area (Å²) in [7, 11) is 0. The van der Waals surface area contributed by atoms with Gasteiger partial charge in [0.2, 0.25) is 0 Å². The van der Waals surface area contributed by atoms with Gasteiger partial charge in [-0.1, -0.05) is 17.5 Å². The summed E-state index contributed by atoms with van der Waals surface area (Å²) in [4.78, 5) is 10.9. The van der Waals surface area contributed by atoms with Gasteiger partial charge in [-0.15, -0.1) is 6.42 Å². The molecule has 0 saturated heterocycles. The number of benzene rings is 1. The van der Waals surface area contributed by atoms with Crippen LogP contribution in [-0.4, -0.2) is 17.6 Å². The molecule has 1 rings (SSSR count). The molecule has 3 nitrogen and oxygen atoms in total. The van der Waals surface area contributed by atoms with Crippen molar-refractivity contribution in [3.05, 3.63) is 34.6 Å². The van der Waals surface area contributed by atoms with E-state index in [9.17, 15) is 9.18 Å². The van der Waals surface area contributed by atoms with Crippen LogP contribution in [0.5, 0.6) is 0 Å². The van der Waals surface area contributed by atoms with Gasteiger partial charge in [0.05, 0.1) is 6.54 Å². The molecule has 0 bridgehead atoms. The molecule has 0 aromatic heterocycles. The normalized spacial score (nSPS) is 11.8. The van der Waals surface area contributed by atoms with Crippen LogP contribution in [-0.2, 0) is 4.79 Å². The average molecular weight is 242 g/mol. The number of aliphatic carboxylic acids is 1. The predicted octanol–water partition coefficient (Wildman–Crippen LogP) is 1.83. The zero-order chi connectivity index (χ0) is 12.1. The first-order chi connectivity index (χ1) is 7.54. The molecule has 0 radical (unpaired) electrons. The lowest BCUT2D eigenvalue weighted by molar-refractivity contribution is -0.139. The average Bonchev–Trinajstić information content (AvgIpc) is 2.16. The van der Waals surface area contributed by atoms with E-state index in [-0.39, 0.29) is 17.1 Å². The van der Waals surface area contributed by atoms with Crippen molar-refractivity contribution in [1.82, 2.24) is 5.32 Å². The van der Waals surface area contributed by atoms with Crippen molar-refractivity contribution in [2.45, 2.75) is 6.04 Å². The number of hydrogen-bond donors (Lipinski definition) is 2. The highest BCUT2D eigenvalue weighted by atomic mass is 35.5. The first kappa shape index (κ1) is 12.5. The van der Waals surface area contributed by atoms with E-state index in [0.717, 1.165) is 12.1 Å². The third kappa shape index (κ3) is 3.23. The standard InChI is InChI=1S/C11H9ClFNO2/c1-2-3-14-10(11(15)16)7-4-8(12)6-9(13)5-7/h1,4-6,10,14H,3H2,(H,15,16). The van der Waals surface area contributed by atoms with Gasteiger partial charge in [-0.3, -0.25) is 10.1 Å². The fourth-order valence-corrected chi connectivity index (χ4v) is 1.48.